The van der Waals surface area contributed by atoms with Crippen molar-refractivity contribution in [1.29, 1.82) is 0 Å². The Morgan fingerprint density at radius 1 is 1.10 bits per heavy atom. The van der Waals surface area contributed by atoms with Crippen molar-refractivity contribution in [2.45, 2.75) is 13.1 Å². The molecular formula is C20H16N4O5. The summed E-state index contributed by atoms with van der Waals surface area (Å²) in [5, 5.41) is 11.6. The molecule has 146 valence electrons. The van der Waals surface area contributed by atoms with E-state index in [0.29, 0.717) is 17.2 Å². The van der Waals surface area contributed by atoms with Crippen LogP contribution in [0.15, 0.2) is 82.5 Å². The van der Waals surface area contributed by atoms with Gasteiger partial charge in [0, 0.05) is 24.0 Å². The SMILES string of the molecule is O=C(c1ccc(-n2ccnc2)c([N+](=O)[O-])c1)N(Cc1ccco1)Cc1ccco1. The highest BCUT2D eigenvalue weighted by molar-refractivity contribution is 5.95. The maximum Gasteiger partial charge on any atom is 0.294 e. The molecule has 29 heavy (non-hydrogen) atoms. The molecule has 1 amide bonds. The lowest BCUT2D eigenvalue weighted by Gasteiger charge is -2.21. The molecular weight excluding hydrogens is 376 g/mol. The predicted molar refractivity (Wildman–Crippen MR) is 101 cm³/mol. The number of benzene rings is 1. The van der Waals surface area contributed by atoms with Crippen LogP contribution in [-0.4, -0.2) is 25.3 Å². The summed E-state index contributed by atoms with van der Waals surface area (Å²) in [5.41, 5.74) is 0.330. The minimum absolute atomic E-state index is 0.190. The van der Waals surface area contributed by atoms with Gasteiger partial charge in [-0.2, -0.15) is 0 Å². The van der Waals surface area contributed by atoms with E-state index in [-0.39, 0.29) is 30.2 Å². The summed E-state index contributed by atoms with van der Waals surface area (Å²) in [4.78, 5) is 29.7. The number of nitrogens with zero attached hydrogens (tertiary/aromatic N) is 4. The average Bonchev–Trinajstić information content (AvgIpc) is 3.49. The molecule has 0 aliphatic heterocycles. The van der Waals surface area contributed by atoms with E-state index in [1.807, 2.05) is 0 Å². The van der Waals surface area contributed by atoms with Crippen LogP contribution in [0.5, 0.6) is 0 Å². The Morgan fingerprint density at radius 3 is 2.31 bits per heavy atom. The molecule has 0 saturated heterocycles. The zero-order chi connectivity index (χ0) is 20.2. The summed E-state index contributed by atoms with van der Waals surface area (Å²) < 4.78 is 12.2. The molecule has 0 aliphatic rings. The second-order valence-electron chi connectivity index (χ2n) is 6.25. The molecule has 0 unspecified atom stereocenters. The monoisotopic (exact) mass is 392 g/mol. The van der Waals surface area contributed by atoms with Crippen LogP contribution in [-0.2, 0) is 13.1 Å². The Balaban J connectivity index is 1.67. The second kappa shape index (κ2) is 7.85. The summed E-state index contributed by atoms with van der Waals surface area (Å²) in [5.74, 6) is 0.807. The quantitative estimate of drug-likeness (QED) is 0.350. The highest BCUT2D eigenvalue weighted by Crippen LogP contribution is 2.25. The van der Waals surface area contributed by atoms with Crippen molar-refractivity contribution in [2.75, 3.05) is 0 Å². The van der Waals surface area contributed by atoms with Gasteiger partial charge in [0.05, 0.1) is 36.9 Å². The van der Waals surface area contributed by atoms with E-state index in [1.54, 1.807) is 36.5 Å². The summed E-state index contributed by atoms with van der Waals surface area (Å²) in [7, 11) is 0. The van der Waals surface area contributed by atoms with Gasteiger partial charge in [-0.25, -0.2) is 4.98 Å². The number of furan rings is 2. The molecule has 0 N–H and O–H groups in total. The van der Waals surface area contributed by atoms with E-state index in [4.69, 9.17) is 8.83 Å². The van der Waals surface area contributed by atoms with Gasteiger partial charge in [-0.15, -0.1) is 0 Å². The maximum absolute atomic E-state index is 13.2. The lowest BCUT2D eigenvalue weighted by atomic mass is 10.1. The molecule has 0 atom stereocenters. The summed E-state index contributed by atoms with van der Waals surface area (Å²) >= 11 is 0. The van der Waals surface area contributed by atoms with Crippen molar-refractivity contribution in [2.24, 2.45) is 0 Å². The zero-order valence-electron chi connectivity index (χ0n) is 15.2. The fourth-order valence-corrected chi connectivity index (χ4v) is 2.99. The van der Waals surface area contributed by atoms with Gasteiger partial charge < -0.3 is 18.3 Å². The maximum atomic E-state index is 13.2. The Kier molecular flexibility index (Phi) is 4.93. The minimum atomic E-state index is -0.518. The Labute approximate surface area is 164 Å². The Morgan fingerprint density at radius 2 is 1.79 bits per heavy atom. The normalized spacial score (nSPS) is 10.8. The van der Waals surface area contributed by atoms with Crippen LogP contribution in [0.25, 0.3) is 5.69 Å². The molecule has 0 fully saturated rings. The van der Waals surface area contributed by atoms with Gasteiger partial charge >= 0.3 is 0 Å². The van der Waals surface area contributed by atoms with E-state index in [0.717, 1.165) is 0 Å². The number of aromatic nitrogens is 2. The smallest absolute Gasteiger partial charge is 0.294 e. The van der Waals surface area contributed by atoms with E-state index in [1.165, 1.54) is 46.7 Å². The van der Waals surface area contributed by atoms with Crippen LogP contribution in [0.3, 0.4) is 0 Å². The Bertz CT molecular complexity index is 1070. The molecule has 4 rings (SSSR count). The first-order chi connectivity index (χ1) is 14.1. The molecule has 0 radical (unpaired) electrons. The molecule has 0 saturated carbocycles. The fourth-order valence-electron chi connectivity index (χ4n) is 2.99. The molecule has 0 spiro atoms. The highest BCUT2D eigenvalue weighted by Gasteiger charge is 2.23. The third-order valence-corrected chi connectivity index (χ3v) is 4.34. The average molecular weight is 392 g/mol. The van der Waals surface area contributed by atoms with Crippen LogP contribution in [0.4, 0.5) is 5.69 Å². The lowest BCUT2D eigenvalue weighted by Crippen LogP contribution is -2.30. The van der Waals surface area contributed by atoms with Crippen molar-refractivity contribution in [3.8, 4) is 5.69 Å². The first kappa shape index (κ1) is 18.2. The highest BCUT2D eigenvalue weighted by atomic mass is 16.6. The first-order valence-corrected chi connectivity index (χ1v) is 8.72. The number of carbonyl (C=O) groups excluding carboxylic acids is 1. The minimum Gasteiger partial charge on any atom is -0.467 e. The third kappa shape index (κ3) is 3.93. The number of rotatable bonds is 7. The fraction of sp³-hybridized carbons (Fsp3) is 0.100. The molecule has 4 aromatic rings. The summed E-state index contributed by atoms with van der Waals surface area (Å²) in [6.45, 7) is 0.396. The summed E-state index contributed by atoms with van der Waals surface area (Å²) in [6.07, 6.45) is 7.64. The van der Waals surface area contributed by atoms with E-state index < -0.39 is 4.92 Å². The topological polar surface area (TPSA) is 108 Å². The largest absolute Gasteiger partial charge is 0.467 e. The van der Waals surface area contributed by atoms with Gasteiger partial charge in [-0.05, 0) is 36.4 Å². The van der Waals surface area contributed by atoms with Crippen molar-refractivity contribution < 1.29 is 18.6 Å². The van der Waals surface area contributed by atoms with Gasteiger partial charge in [0.2, 0.25) is 0 Å². The number of imidazole rings is 1. The van der Waals surface area contributed by atoms with Crippen LogP contribution < -0.4 is 0 Å². The van der Waals surface area contributed by atoms with Crippen LogP contribution in [0.1, 0.15) is 21.9 Å². The standard InChI is InChI=1S/C20H16N4O5/c25-20(23(12-16-3-1-9-28-16)13-17-4-2-10-29-17)15-5-6-18(19(11-15)24(26)27)22-8-7-21-14-22/h1-11,14H,12-13H2. The van der Waals surface area contributed by atoms with Gasteiger partial charge in [0.25, 0.3) is 11.6 Å². The molecule has 3 aromatic heterocycles. The number of nitro benzene ring substituents is 1. The van der Waals surface area contributed by atoms with Gasteiger partial charge in [0.1, 0.15) is 17.2 Å². The molecule has 0 aliphatic carbocycles. The van der Waals surface area contributed by atoms with Crippen LogP contribution in [0.2, 0.25) is 0 Å². The first-order valence-electron chi connectivity index (χ1n) is 8.72. The van der Waals surface area contributed by atoms with Gasteiger partial charge in [0.15, 0.2) is 0 Å². The van der Waals surface area contributed by atoms with Crippen molar-refractivity contribution in [3.63, 3.8) is 0 Å². The number of carbonyl (C=O) groups is 1. The van der Waals surface area contributed by atoms with E-state index in [9.17, 15) is 14.9 Å². The molecule has 0 bridgehead atoms. The van der Waals surface area contributed by atoms with Crippen molar-refractivity contribution >= 4 is 11.6 Å². The predicted octanol–water partition coefficient (Wildman–Crippen LogP) is 3.81. The van der Waals surface area contributed by atoms with Crippen LogP contribution >= 0.6 is 0 Å². The molecule has 9 nitrogen and oxygen atoms in total. The number of amides is 1. The second-order valence-corrected chi connectivity index (χ2v) is 6.25. The zero-order valence-corrected chi connectivity index (χ0v) is 15.2. The molecule has 9 heteroatoms. The number of hydrogen-bond donors (Lipinski definition) is 0. The summed E-state index contributed by atoms with van der Waals surface area (Å²) in [6, 6.07) is 11.3. The lowest BCUT2D eigenvalue weighted by molar-refractivity contribution is -0.384. The Hall–Kier alpha value is -4.14. The third-order valence-electron chi connectivity index (χ3n) is 4.34. The van der Waals surface area contributed by atoms with Gasteiger partial charge in [-0.3, -0.25) is 14.9 Å². The van der Waals surface area contributed by atoms with Crippen LogP contribution in [0, 0.1) is 10.1 Å². The van der Waals surface area contributed by atoms with Gasteiger partial charge in [-0.1, -0.05) is 0 Å². The number of nitro groups is 1. The van der Waals surface area contributed by atoms with Crippen molar-refractivity contribution in [1.82, 2.24) is 14.5 Å². The van der Waals surface area contributed by atoms with Crippen molar-refractivity contribution in [3.05, 3.63) is 101 Å². The van der Waals surface area contributed by atoms with E-state index in [2.05, 4.69) is 4.98 Å². The number of hydrogen-bond acceptors (Lipinski definition) is 6. The van der Waals surface area contributed by atoms with E-state index >= 15 is 0 Å². The molecule has 3 heterocycles. The molecule has 1 aromatic carbocycles.